The van der Waals surface area contributed by atoms with Crippen LogP contribution < -0.4 is 5.01 Å². The maximum Gasteiger partial charge on any atom is 2.00 e. The van der Waals surface area contributed by atoms with E-state index in [1.165, 1.54) is 0 Å². The largest absolute Gasteiger partial charge is 2.00 e. The standard InChI is InChI=1S/C18H20N6.2CHF3O3S.Hg.H2O/c1-24-18-9-5-8-16(23-18)13-20-11-3-2-10-19-12-15-6-4-7-17(22-15)14-21-24;2*2-1(3,4)8(5,6)7;;/h4-9,12-14H,2-3,10-11H2,1H3;2*(H,5,6,7);;1H2/q;;;+2;/p-1/b19-12?,20-13?,21-14+;;;;. The fourth-order valence-electron chi connectivity index (χ4n) is 2.23. The van der Waals surface area contributed by atoms with E-state index < -0.39 is 31.3 Å². The van der Waals surface area contributed by atoms with Gasteiger partial charge in [0, 0.05) is 32.6 Å². The maximum absolute atomic E-state index is 10.7. The predicted molar refractivity (Wildman–Crippen MR) is 135 cm³/mol. The average Bonchev–Trinajstić information content (AvgIpc) is 2.82. The minimum absolute atomic E-state index is 0. The number of halogens is 6. The van der Waals surface area contributed by atoms with E-state index >= 15 is 0 Å². The number of pyridine rings is 2. The van der Waals surface area contributed by atoms with Crippen molar-refractivity contribution in [2.45, 2.75) is 23.9 Å². The van der Waals surface area contributed by atoms with Crippen LogP contribution in [0.15, 0.2) is 51.5 Å². The molecule has 2 aromatic heterocycles. The molecule has 0 radical (unpaired) electrons. The minimum atomic E-state index is -6.09. The zero-order chi connectivity index (χ0) is 30.6. The molecule has 3 rings (SSSR count). The van der Waals surface area contributed by atoms with Crippen molar-refractivity contribution in [3.05, 3.63) is 53.5 Å². The monoisotopic (exact) mass is 839 g/mol. The number of anilines is 1. The number of fused-ring (bicyclic) bond motifs is 4. The van der Waals surface area contributed by atoms with Crippen molar-refractivity contribution in [2.24, 2.45) is 15.1 Å². The molecule has 0 aliphatic carbocycles. The van der Waals surface area contributed by atoms with Gasteiger partial charge in [-0.2, -0.15) is 31.4 Å². The normalized spacial score (nSPS) is 14.8. The maximum atomic E-state index is 10.7. The van der Waals surface area contributed by atoms with E-state index in [1.54, 1.807) is 11.2 Å². The molecule has 3 heterocycles. The van der Waals surface area contributed by atoms with Gasteiger partial charge in [-0.1, -0.05) is 12.1 Å². The van der Waals surface area contributed by atoms with Crippen LogP contribution in [0.25, 0.3) is 0 Å². The summed E-state index contributed by atoms with van der Waals surface area (Å²) in [5, 5.41) is 6.13. The first-order valence-corrected chi connectivity index (χ1v) is 13.4. The van der Waals surface area contributed by atoms with Gasteiger partial charge in [0.15, 0.2) is 20.2 Å². The molecular weight excluding hydrogens is 815 g/mol. The number of hydrazone groups is 1. The molecule has 1 aliphatic heterocycles. The summed E-state index contributed by atoms with van der Waals surface area (Å²) in [5.74, 6) is 0.761. The van der Waals surface area contributed by atoms with Crippen molar-refractivity contribution in [1.82, 2.24) is 9.97 Å². The molecule has 22 heteroatoms. The van der Waals surface area contributed by atoms with Crippen LogP contribution in [-0.4, -0.2) is 85.7 Å². The van der Waals surface area contributed by atoms with Gasteiger partial charge in [-0.25, -0.2) is 26.8 Å². The van der Waals surface area contributed by atoms with Crippen molar-refractivity contribution in [3.8, 4) is 0 Å². The Hall–Kier alpha value is -2.59. The third-order valence-electron chi connectivity index (χ3n) is 4.08. The molecule has 1 aliphatic rings. The van der Waals surface area contributed by atoms with Crippen molar-refractivity contribution in [3.63, 3.8) is 0 Å². The van der Waals surface area contributed by atoms with Gasteiger partial charge in [0.05, 0.1) is 23.3 Å². The molecular formula is C20H23F6HgN6O7S2+. The van der Waals surface area contributed by atoms with Crippen LogP contribution in [-0.2, 0) is 53.4 Å². The second-order valence-corrected chi connectivity index (χ2v) is 10.00. The summed E-state index contributed by atoms with van der Waals surface area (Å²) < 4.78 is 118. The summed E-state index contributed by atoms with van der Waals surface area (Å²) in [6.07, 6.45) is 7.35. The minimum Gasteiger partial charge on any atom is -0.741 e. The van der Waals surface area contributed by atoms with Gasteiger partial charge in [0.1, 0.15) is 5.82 Å². The summed E-state index contributed by atoms with van der Waals surface area (Å²) >= 11 is 0. The summed E-state index contributed by atoms with van der Waals surface area (Å²) in [6.45, 7) is 1.56. The molecule has 0 fully saturated rings. The van der Waals surface area contributed by atoms with E-state index in [2.05, 4.69) is 25.1 Å². The Bertz CT molecular complexity index is 1380. The third kappa shape index (κ3) is 16.1. The number of alkyl halides is 6. The van der Waals surface area contributed by atoms with Crippen LogP contribution >= 0.6 is 0 Å². The second kappa shape index (κ2) is 18.2. The van der Waals surface area contributed by atoms with Gasteiger partial charge in [-0.3, -0.25) is 15.0 Å². The first-order chi connectivity index (χ1) is 18.3. The quantitative estimate of drug-likeness (QED) is 0.124. The molecule has 0 spiro atoms. The van der Waals surface area contributed by atoms with E-state index in [9.17, 15) is 26.3 Å². The molecule has 0 unspecified atom stereocenters. The number of nitrogens with zero attached hydrogens (tertiary/aromatic N) is 6. The molecule has 0 saturated carbocycles. The van der Waals surface area contributed by atoms with Gasteiger partial charge >= 0.3 is 38.7 Å². The first kappa shape index (κ1) is 41.5. The summed E-state index contributed by atoms with van der Waals surface area (Å²) in [7, 11) is -10.3. The van der Waals surface area contributed by atoms with Crippen LogP contribution in [0.1, 0.15) is 29.9 Å². The van der Waals surface area contributed by atoms with Gasteiger partial charge in [0.25, 0.3) is 0 Å². The Morgan fingerprint density at radius 3 is 1.48 bits per heavy atom. The van der Waals surface area contributed by atoms with Crippen LogP contribution in [0, 0.1) is 0 Å². The predicted octanol–water partition coefficient (Wildman–Crippen LogP) is 1.76. The smallest absolute Gasteiger partial charge is 0.741 e. The Labute approximate surface area is 256 Å². The van der Waals surface area contributed by atoms with Crippen molar-refractivity contribution < 1.29 is 85.4 Å². The molecule has 230 valence electrons. The van der Waals surface area contributed by atoms with E-state index in [1.807, 2.05) is 55.9 Å². The van der Waals surface area contributed by atoms with E-state index in [-0.39, 0.29) is 33.1 Å². The summed E-state index contributed by atoms with van der Waals surface area (Å²) in [6, 6.07) is 11.6. The number of aromatic nitrogens is 2. The van der Waals surface area contributed by atoms with Crippen LogP contribution in [0.4, 0.5) is 32.2 Å². The second-order valence-electron chi connectivity index (χ2n) is 7.25. The zero-order valence-corrected chi connectivity index (χ0v) is 28.7. The van der Waals surface area contributed by atoms with Crippen LogP contribution in [0.5, 0.6) is 0 Å². The molecule has 0 amide bonds. The Morgan fingerprint density at radius 2 is 1.07 bits per heavy atom. The van der Waals surface area contributed by atoms with Crippen LogP contribution in [0.3, 0.4) is 0 Å². The molecule has 0 atom stereocenters. The summed E-state index contributed by atoms with van der Waals surface area (Å²) in [4.78, 5) is 17.9. The molecule has 2 aromatic rings. The number of rotatable bonds is 0. The van der Waals surface area contributed by atoms with Crippen molar-refractivity contribution in [1.29, 1.82) is 0 Å². The van der Waals surface area contributed by atoms with Gasteiger partial charge < -0.3 is 14.6 Å². The topological polar surface area (TPSA) is 213 Å². The molecule has 4 bridgehead atoms. The van der Waals surface area contributed by atoms with Crippen LogP contribution in [0.2, 0.25) is 0 Å². The number of aliphatic imine (C=N–C) groups is 2. The molecule has 13 nitrogen and oxygen atoms in total. The van der Waals surface area contributed by atoms with E-state index in [0.29, 0.717) is 0 Å². The molecule has 3 N–H and O–H groups in total. The Balaban J connectivity index is 0. The molecule has 0 saturated heterocycles. The van der Waals surface area contributed by atoms with Gasteiger partial charge in [-0.05, 0) is 37.1 Å². The fraction of sp³-hybridized carbons (Fsp3) is 0.350. The average molecular weight is 838 g/mol. The van der Waals surface area contributed by atoms with Gasteiger partial charge in [0.2, 0.25) is 0 Å². The fourth-order valence-corrected chi connectivity index (χ4v) is 2.23. The summed E-state index contributed by atoms with van der Waals surface area (Å²) in [5.41, 5.74) is -8.84. The SMILES string of the molecule is CN1/N=C/c2cccc(n2)C=NCCCCN=Cc2cccc1n2.O=S(=O)([O-])C(F)(F)F.O=S(=O)([O-])C(F)(F)F.[Hg+2].[OH3+]. The molecule has 0 aromatic carbocycles. The number of hydrogen-bond acceptors (Lipinski definition) is 12. The number of hydrogen-bond donors (Lipinski definition) is 0. The Morgan fingerprint density at radius 1 is 0.714 bits per heavy atom. The van der Waals surface area contributed by atoms with E-state index in [4.69, 9.17) is 25.9 Å². The first-order valence-electron chi connectivity index (χ1n) is 10.6. The molecule has 42 heavy (non-hydrogen) atoms. The third-order valence-corrected chi connectivity index (χ3v) is 5.22. The van der Waals surface area contributed by atoms with Crippen molar-refractivity contribution in [2.75, 3.05) is 25.1 Å². The van der Waals surface area contributed by atoms with E-state index in [0.717, 1.165) is 48.8 Å². The Kier molecular flexibility index (Phi) is 18.0. The zero-order valence-electron chi connectivity index (χ0n) is 21.5. The van der Waals surface area contributed by atoms with Crippen molar-refractivity contribution >= 4 is 44.7 Å². The van der Waals surface area contributed by atoms with Gasteiger partial charge in [-0.15, -0.1) is 0 Å².